The molecule has 0 saturated heterocycles. The number of carbonyl (C=O) groups excluding carboxylic acids is 2. The van der Waals surface area contributed by atoms with Gasteiger partial charge in [0.2, 0.25) is 5.91 Å². The number of benzene rings is 1. The number of carbonyl (C=O) groups is 2. The smallest absolute Gasteiger partial charge is 0.258 e. The van der Waals surface area contributed by atoms with Crippen molar-refractivity contribution in [3.8, 4) is 5.75 Å². The summed E-state index contributed by atoms with van der Waals surface area (Å²) in [5.74, 6) is -0.202. The molecule has 114 valence electrons. The molecule has 0 bridgehead atoms. The van der Waals surface area contributed by atoms with Crippen LogP contribution in [0.3, 0.4) is 0 Å². The summed E-state index contributed by atoms with van der Waals surface area (Å²) in [6, 6.07) is 6.30. The van der Waals surface area contributed by atoms with E-state index < -0.39 is 11.9 Å². The van der Waals surface area contributed by atoms with Crippen molar-refractivity contribution < 1.29 is 14.3 Å². The van der Waals surface area contributed by atoms with E-state index in [1.807, 2.05) is 6.92 Å². The van der Waals surface area contributed by atoms with Crippen molar-refractivity contribution in [1.82, 2.24) is 10.6 Å². The van der Waals surface area contributed by atoms with Gasteiger partial charge in [0.05, 0.1) is 5.56 Å². The number of nitrogens with two attached hydrogens (primary N) is 1. The van der Waals surface area contributed by atoms with Gasteiger partial charge in [0.25, 0.3) is 5.91 Å². The van der Waals surface area contributed by atoms with Gasteiger partial charge in [-0.05, 0) is 26.0 Å². The third-order valence-electron chi connectivity index (χ3n) is 2.63. The van der Waals surface area contributed by atoms with Crippen molar-refractivity contribution in [2.75, 3.05) is 13.2 Å². The molecule has 7 heteroatoms. The fourth-order valence-electron chi connectivity index (χ4n) is 1.62. The normalized spacial score (nSPS) is 11.3. The molecule has 1 unspecified atom stereocenters. The number of thiocarbonyl (C=S) groups is 1. The maximum absolute atomic E-state index is 11.7. The molecule has 0 spiro atoms. The predicted octanol–water partition coefficient (Wildman–Crippen LogP) is 0.340. The van der Waals surface area contributed by atoms with Gasteiger partial charge in [-0.1, -0.05) is 24.4 Å². The van der Waals surface area contributed by atoms with Gasteiger partial charge in [0.1, 0.15) is 16.8 Å². The van der Waals surface area contributed by atoms with Crippen molar-refractivity contribution in [1.29, 1.82) is 0 Å². The molecule has 0 aliphatic rings. The molecule has 21 heavy (non-hydrogen) atoms. The van der Waals surface area contributed by atoms with E-state index >= 15 is 0 Å². The zero-order valence-electron chi connectivity index (χ0n) is 12.0. The summed E-state index contributed by atoms with van der Waals surface area (Å²) >= 11 is 4.91. The Hall–Kier alpha value is -2.15. The van der Waals surface area contributed by atoms with Gasteiger partial charge in [-0.25, -0.2) is 0 Å². The van der Waals surface area contributed by atoms with Crippen molar-refractivity contribution in [3.05, 3.63) is 29.8 Å². The number of hydrogen-bond acceptors (Lipinski definition) is 4. The van der Waals surface area contributed by atoms with Crippen LogP contribution in [-0.4, -0.2) is 36.0 Å². The van der Waals surface area contributed by atoms with Gasteiger partial charge in [0.15, 0.2) is 6.61 Å². The topological polar surface area (TPSA) is 93.5 Å². The van der Waals surface area contributed by atoms with Gasteiger partial charge in [-0.2, -0.15) is 0 Å². The van der Waals surface area contributed by atoms with Crippen LogP contribution >= 0.6 is 12.2 Å². The molecular formula is C14H19N3O3S. The molecule has 2 amide bonds. The molecule has 4 N–H and O–H groups in total. The van der Waals surface area contributed by atoms with Gasteiger partial charge in [-0.15, -0.1) is 0 Å². The molecule has 0 saturated carbocycles. The third-order valence-corrected chi connectivity index (χ3v) is 2.85. The molecule has 1 atom stereocenters. The molecule has 0 heterocycles. The number of likely N-dealkylation sites (N-methyl/N-ethyl adjacent to an activating group) is 1. The Balaban J connectivity index is 2.54. The van der Waals surface area contributed by atoms with Crippen LogP contribution in [0.1, 0.15) is 19.4 Å². The SMILES string of the molecule is CCNC(=O)C(C)NC(=O)COc1ccccc1C(N)=S. The summed E-state index contributed by atoms with van der Waals surface area (Å²) in [6.45, 7) is 3.70. The number of para-hydroxylation sites is 1. The lowest BCUT2D eigenvalue weighted by Crippen LogP contribution is -2.46. The predicted molar refractivity (Wildman–Crippen MR) is 84.1 cm³/mol. The minimum absolute atomic E-state index is 0.196. The Morgan fingerprint density at radius 1 is 1.38 bits per heavy atom. The van der Waals surface area contributed by atoms with Crippen LogP contribution in [0.15, 0.2) is 24.3 Å². The highest BCUT2D eigenvalue weighted by Gasteiger charge is 2.15. The van der Waals surface area contributed by atoms with E-state index in [4.69, 9.17) is 22.7 Å². The molecule has 0 aliphatic carbocycles. The summed E-state index contributed by atoms with van der Waals surface area (Å²) in [6.07, 6.45) is 0. The van der Waals surface area contributed by atoms with Crippen LogP contribution in [0.2, 0.25) is 0 Å². The maximum Gasteiger partial charge on any atom is 0.258 e. The lowest BCUT2D eigenvalue weighted by molar-refractivity contribution is -0.129. The van der Waals surface area contributed by atoms with Crippen LogP contribution in [0.5, 0.6) is 5.75 Å². The third kappa shape index (κ3) is 5.39. The quantitative estimate of drug-likeness (QED) is 0.632. The number of ether oxygens (including phenoxy) is 1. The maximum atomic E-state index is 11.7. The molecular weight excluding hydrogens is 290 g/mol. The minimum Gasteiger partial charge on any atom is -0.483 e. The molecule has 6 nitrogen and oxygen atoms in total. The first-order chi connectivity index (χ1) is 9.95. The highest BCUT2D eigenvalue weighted by atomic mass is 32.1. The number of hydrogen-bond donors (Lipinski definition) is 3. The zero-order chi connectivity index (χ0) is 15.8. The Bertz CT molecular complexity index is 534. The first-order valence-electron chi connectivity index (χ1n) is 6.54. The van der Waals surface area contributed by atoms with E-state index in [1.54, 1.807) is 31.2 Å². The second-order valence-electron chi connectivity index (χ2n) is 4.33. The standard InChI is InChI=1S/C14H19N3O3S/c1-3-16-14(19)9(2)17-12(18)8-20-11-7-5-4-6-10(11)13(15)21/h4-7,9H,3,8H2,1-2H3,(H2,15,21)(H,16,19)(H,17,18). The number of amides is 2. The number of nitrogens with one attached hydrogen (secondary N) is 2. The molecule has 0 aliphatic heterocycles. The van der Waals surface area contributed by atoms with Crippen LogP contribution in [0.25, 0.3) is 0 Å². The summed E-state index contributed by atoms with van der Waals surface area (Å²) in [5, 5.41) is 5.16. The van der Waals surface area contributed by atoms with Crippen LogP contribution in [0, 0.1) is 0 Å². The second kappa shape index (κ2) is 8.21. The average molecular weight is 309 g/mol. The van der Waals surface area contributed by atoms with E-state index in [0.717, 1.165) is 0 Å². The molecule has 0 aromatic heterocycles. The second-order valence-corrected chi connectivity index (χ2v) is 4.77. The van der Waals surface area contributed by atoms with Crippen molar-refractivity contribution in [2.24, 2.45) is 5.73 Å². The average Bonchev–Trinajstić information content (AvgIpc) is 2.45. The summed E-state index contributed by atoms with van der Waals surface area (Å²) in [5.41, 5.74) is 6.14. The largest absolute Gasteiger partial charge is 0.483 e. The van der Waals surface area contributed by atoms with Gasteiger partial charge in [-0.3, -0.25) is 9.59 Å². The van der Waals surface area contributed by atoms with Gasteiger partial charge >= 0.3 is 0 Å². The van der Waals surface area contributed by atoms with Crippen LogP contribution in [0.4, 0.5) is 0 Å². The van der Waals surface area contributed by atoms with Gasteiger partial charge < -0.3 is 21.1 Å². The first kappa shape index (κ1) is 16.9. The van der Waals surface area contributed by atoms with Crippen molar-refractivity contribution in [2.45, 2.75) is 19.9 Å². The van der Waals surface area contributed by atoms with E-state index in [0.29, 0.717) is 17.9 Å². The number of rotatable bonds is 7. The molecule has 1 aromatic carbocycles. The summed E-state index contributed by atoms with van der Waals surface area (Å²) < 4.78 is 5.39. The van der Waals surface area contributed by atoms with E-state index in [2.05, 4.69) is 10.6 Å². The highest BCUT2D eigenvalue weighted by molar-refractivity contribution is 7.80. The fourth-order valence-corrected chi connectivity index (χ4v) is 1.78. The lowest BCUT2D eigenvalue weighted by Gasteiger charge is -2.14. The summed E-state index contributed by atoms with van der Waals surface area (Å²) in [4.78, 5) is 23.4. The Labute approximate surface area is 129 Å². The summed E-state index contributed by atoms with van der Waals surface area (Å²) in [7, 11) is 0. The van der Waals surface area contributed by atoms with Crippen molar-refractivity contribution >= 4 is 29.0 Å². The molecule has 0 radical (unpaired) electrons. The lowest BCUT2D eigenvalue weighted by atomic mass is 10.2. The van der Waals surface area contributed by atoms with Crippen molar-refractivity contribution in [3.63, 3.8) is 0 Å². The zero-order valence-corrected chi connectivity index (χ0v) is 12.8. The van der Waals surface area contributed by atoms with Gasteiger partial charge in [0, 0.05) is 6.54 Å². The van der Waals surface area contributed by atoms with Crippen LogP contribution < -0.4 is 21.1 Å². The Morgan fingerprint density at radius 3 is 2.67 bits per heavy atom. The Morgan fingerprint density at radius 2 is 2.05 bits per heavy atom. The van der Waals surface area contributed by atoms with E-state index in [1.165, 1.54) is 0 Å². The molecule has 1 aromatic rings. The monoisotopic (exact) mass is 309 g/mol. The first-order valence-corrected chi connectivity index (χ1v) is 6.95. The van der Waals surface area contributed by atoms with Crippen LogP contribution in [-0.2, 0) is 9.59 Å². The fraction of sp³-hybridized carbons (Fsp3) is 0.357. The van der Waals surface area contributed by atoms with E-state index in [-0.39, 0.29) is 17.5 Å². The Kier molecular flexibility index (Phi) is 6.61. The molecule has 1 rings (SSSR count). The highest BCUT2D eigenvalue weighted by Crippen LogP contribution is 2.17. The molecule has 0 fully saturated rings. The minimum atomic E-state index is -0.619. The van der Waals surface area contributed by atoms with E-state index in [9.17, 15) is 9.59 Å².